The van der Waals surface area contributed by atoms with Gasteiger partial charge in [0.15, 0.2) is 0 Å². The largest absolute Gasteiger partial charge is 0.476 e. The molecule has 1 rings (SSSR count). The summed E-state index contributed by atoms with van der Waals surface area (Å²) in [5.41, 5.74) is 5.34. The Bertz CT molecular complexity index is 245. The van der Waals surface area contributed by atoms with Crippen LogP contribution in [0.15, 0.2) is 24.8 Å². The summed E-state index contributed by atoms with van der Waals surface area (Å²) in [4.78, 5) is 0. The predicted octanol–water partition coefficient (Wildman–Crippen LogP) is 1.01. The van der Waals surface area contributed by atoms with Gasteiger partial charge in [-0.05, 0) is 12.5 Å². The molecule has 0 amide bonds. The maximum absolute atomic E-state index is 5.34. The Morgan fingerprint density at radius 2 is 2.33 bits per heavy atom. The molecule has 0 aliphatic carbocycles. The summed E-state index contributed by atoms with van der Waals surface area (Å²) in [7, 11) is 0. The van der Waals surface area contributed by atoms with E-state index in [-0.39, 0.29) is 0 Å². The second-order valence-corrected chi connectivity index (χ2v) is 2.22. The number of nitrogen functional groups attached to an aromatic ring is 1. The highest BCUT2D eigenvalue weighted by atomic mass is 16.5. The first-order valence-corrected chi connectivity index (χ1v) is 3.66. The van der Waals surface area contributed by atoms with E-state index in [1.165, 1.54) is 0 Å². The molecule has 0 unspecified atom stereocenters. The number of anilines is 1. The van der Waals surface area contributed by atoms with E-state index < -0.39 is 0 Å². The first kappa shape index (κ1) is 8.52. The summed E-state index contributed by atoms with van der Waals surface area (Å²) in [6.07, 6.45) is 2.58. The van der Waals surface area contributed by atoms with E-state index >= 15 is 0 Å². The summed E-state index contributed by atoms with van der Waals surface area (Å²) >= 11 is 0. The van der Waals surface area contributed by atoms with Crippen LogP contribution in [-0.4, -0.2) is 16.8 Å². The van der Waals surface area contributed by atoms with Crippen molar-refractivity contribution in [2.24, 2.45) is 0 Å². The molecule has 0 fully saturated rings. The lowest BCUT2D eigenvalue weighted by Gasteiger charge is -2.01. The van der Waals surface area contributed by atoms with Crippen molar-refractivity contribution in [1.29, 1.82) is 0 Å². The van der Waals surface area contributed by atoms with Crippen LogP contribution in [0.4, 0.5) is 5.82 Å². The molecule has 0 atom stereocenters. The molecule has 1 aromatic heterocycles. The van der Waals surface area contributed by atoms with Crippen molar-refractivity contribution in [3.05, 3.63) is 24.8 Å². The minimum Gasteiger partial charge on any atom is -0.476 e. The van der Waals surface area contributed by atoms with Crippen LogP contribution < -0.4 is 10.5 Å². The molecule has 0 radical (unpaired) electrons. The van der Waals surface area contributed by atoms with Crippen molar-refractivity contribution in [2.75, 3.05) is 12.3 Å². The van der Waals surface area contributed by atoms with Crippen LogP contribution in [0.25, 0.3) is 0 Å². The van der Waals surface area contributed by atoms with Crippen molar-refractivity contribution in [2.45, 2.75) is 6.42 Å². The second kappa shape index (κ2) is 4.33. The van der Waals surface area contributed by atoms with Crippen LogP contribution in [0.5, 0.6) is 5.88 Å². The SMILES string of the molecule is C=CCCOc1ccc(N)nn1. The summed E-state index contributed by atoms with van der Waals surface area (Å²) in [5.74, 6) is 0.886. The Hall–Kier alpha value is -1.58. The van der Waals surface area contributed by atoms with Gasteiger partial charge in [0.1, 0.15) is 5.82 Å². The van der Waals surface area contributed by atoms with E-state index in [0.717, 1.165) is 6.42 Å². The van der Waals surface area contributed by atoms with Crippen LogP contribution in [0.2, 0.25) is 0 Å². The van der Waals surface area contributed by atoms with Crippen LogP contribution in [0.3, 0.4) is 0 Å². The highest BCUT2D eigenvalue weighted by Gasteiger charge is 1.93. The Morgan fingerprint density at radius 1 is 1.50 bits per heavy atom. The molecular weight excluding hydrogens is 154 g/mol. The van der Waals surface area contributed by atoms with E-state index in [0.29, 0.717) is 18.3 Å². The van der Waals surface area contributed by atoms with Crippen LogP contribution >= 0.6 is 0 Å². The van der Waals surface area contributed by atoms with Crippen LogP contribution in [-0.2, 0) is 0 Å². The maximum Gasteiger partial charge on any atom is 0.233 e. The molecule has 0 saturated carbocycles. The maximum atomic E-state index is 5.34. The van der Waals surface area contributed by atoms with Gasteiger partial charge in [-0.25, -0.2) is 0 Å². The fraction of sp³-hybridized carbons (Fsp3) is 0.250. The number of hydrogen-bond donors (Lipinski definition) is 1. The first-order chi connectivity index (χ1) is 5.83. The molecule has 1 heterocycles. The predicted molar refractivity (Wildman–Crippen MR) is 46.8 cm³/mol. The molecule has 0 aromatic carbocycles. The molecule has 64 valence electrons. The van der Waals surface area contributed by atoms with Gasteiger partial charge < -0.3 is 10.5 Å². The zero-order valence-corrected chi connectivity index (χ0v) is 6.73. The molecule has 2 N–H and O–H groups in total. The van der Waals surface area contributed by atoms with Gasteiger partial charge in [-0.3, -0.25) is 0 Å². The number of nitrogens with zero attached hydrogens (tertiary/aromatic N) is 2. The minimum absolute atomic E-state index is 0.395. The van der Waals surface area contributed by atoms with Crippen LogP contribution in [0.1, 0.15) is 6.42 Å². The van der Waals surface area contributed by atoms with Crippen molar-refractivity contribution in [3.63, 3.8) is 0 Å². The average Bonchev–Trinajstić information content (AvgIpc) is 2.09. The lowest BCUT2D eigenvalue weighted by molar-refractivity contribution is 0.309. The van der Waals surface area contributed by atoms with E-state index in [1.807, 2.05) is 0 Å². The zero-order chi connectivity index (χ0) is 8.81. The molecular formula is C8H11N3O. The molecule has 1 aromatic rings. The third-order valence-electron chi connectivity index (χ3n) is 1.23. The minimum atomic E-state index is 0.395. The van der Waals surface area contributed by atoms with Gasteiger partial charge in [0.05, 0.1) is 6.61 Å². The van der Waals surface area contributed by atoms with Gasteiger partial charge in [-0.1, -0.05) is 6.08 Å². The van der Waals surface area contributed by atoms with Gasteiger partial charge in [-0.2, -0.15) is 0 Å². The average molecular weight is 165 g/mol. The number of rotatable bonds is 4. The number of nitrogens with two attached hydrogens (primary N) is 1. The van der Waals surface area contributed by atoms with Gasteiger partial charge in [-0.15, -0.1) is 16.8 Å². The lowest BCUT2D eigenvalue weighted by Crippen LogP contribution is -2.00. The topological polar surface area (TPSA) is 61.0 Å². The molecule has 4 heteroatoms. The molecule has 0 bridgehead atoms. The molecule has 4 nitrogen and oxygen atoms in total. The molecule has 0 spiro atoms. The fourth-order valence-electron chi connectivity index (χ4n) is 0.654. The lowest BCUT2D eigenvalue weighted by atomic mass is 10.4. The number of aromatic nitrogens is 2. The second-order valence-electron chi connectivity index (χ2n) is 2.22. The van der Waals surface area contributed by atoms with E-state index in [1.54, 1.807) is 18.2 Å². The summed E-state index contributed by atoms with van der Waals surface area (Å²) in [6.45, 7) is 4.14. The Kier molecular flexibility index (Phi) is 3.07. The fourth-order valence-corrected chi connectivity index (χ4v) is 0.654. The summed E-state index contributed by atoms with van der Waals surface area (Å²) < 4.78 is 5.20. The van der Waals surface area contributed by atoms with Gasteiger partial charge in [0, 0.05) is 6.07 Å². The van der Waals surface area contributed by atoms with E-state index in [2.05, 4.69) is 16.8 Å². The highest BCUT2D eigenvalue weighted by molar-refractivity contribution is 5.27. The van der Waals surface area contributed by atoms with E-state index in [9.17, 15) is 0 Å². The standard InChI is InChI=1S/C8H11N3O/c1-2-3-6-12-8-5-4-7(9)10-11-8/h2,4-5H,1,3,6H2,(H2,9,10). The molecule has 0 aliphatic heterocycles. The molecule has 0 aliphatic rings. The van der Waals surface area contributed by atoms with Crippen molar-refractivity contribution in [1.82, 2.24) is 10.2 Å². The Labute approximate surface area is 71.1 Å². The number of hydrogen-bond acceptors (Lipinski definition) is 4. The van der Waals surface area contributed by atoms with E-state index in [4.69, 9.17) is 10.5 Å². The van der Waals surface area contributed by atoms with Crippen molar-refractivity contribution < 1.29 is 4.74 Å². The quantitative estimate of drug-likeness (QED) is 0.534. The third-order valence-corrected chi connectivity index (χ3v) is 1.23. The van der Waals surface area contributed by atoms with Gasteiger partial charge in [0.2, 0.25) is 5.88 Å². The smallest absolute Gasteiger partial charge is 0.233 e. The van der Waals surface area contributed by atoms with Gasteiger partial charge >= 0.3 is 0 Å². The normalized spacial score (nSPS) is 9.33. The highest BCUT2D eigenvalue weighted by Crippen LogP contribution is 2.05. The molecule has 12 heavy (non-hydrogen) atoms. The first-order valence-electron chi connectivity index (χ1n) is 3.66. The monoisotopic (exact) mass is 165 g/mol. The Balaban J connectivity index is 2.42. The summed E-state index contributed by atoms with van der Waals surface area (Å²) in [6, 6.07) is 3.33. The number of ether oxygens (including phenoxy) is 1. The molecule has 0 saturated heterocycles. The third kappa shape index (κ3) is 2.57. The zero-order valence-electron chi connectivity index (χ0n) is 6.73. The van der Waals surface area contributed by atoms with Gasteiger partial charge in [0.25, 0.3) is 0 Å². The Morgan fingerprint density at radius 3 is 2.92 bits per heavy atom. The van der Waals surface area contributed by atoms with Crippen molar-refractivity contribution >= 4 is 5.82 Å². The summed E-state index contributed by atoms with van der Waals surface area (Å²) in [5, 5.41) is 7.35. The van der Waals surface area contributed by atoms with Crippen LogP contribution in [0, 0.1) is 0 Å². The van der Waals surface area contributed by atoms with Crippen molar-refractivity contribution in [3.8, 4) is 5.88 Å².